The molecule has 0 aliphatic heterocycles. The predicted molar refractivity (Wildman–Crippen MR) is 76.1 cm³/mol. The Kier molecular flexibility index (Phi) is 2.82. The number of nitrogens with one attached hydrogen (secondary N) is 1. The summed E-state index contributed by atoms with van der Waals surface area (Å²) in [6, 6.07) is 9.61. The number of hydrogen-bond acceptors (Lipinski definition) is 3. The summed E-state index contributed by atoms with van der Waals surface area (Å²) in [5, 5.41) is 0. The van der Waals surface area contributed by atoms with Crippen molar-refractivity contribution >= 4 is 11.1 Å². The van der Waals surface area contributed by atoms with Crippen molar-refractivity contribution in [1.29, 1.82) is 0 Å². The molecule has 3 aromatic rings. The van der Waals surface area contributed by atoms with Gasteiger partial charge in [0.1, 0.15) is 0 Å². The first-order valence-corrected chi connectivity index (χ1v) is 6.37. The Morgan fingerprint density at radius 2 is 1.90 bits per heavy atom. The fraction of sp³-hybridized carbons (Fsp3) is 0.200. The van der Waals surface area contributed by atoms with Gasteiger partial charge in [0.2, 0.25) is 0 Å². The average Bonchev–Trinajstić information content (AvgIpc) is 2.86. The van der Waals surface area contributed by atoms with Crippen LogP contribution in [-0.2, 0) is 0 Å². The van der Waals surface area contributed by atoms with Crippen LogP contribution in [0.25, 0.3) is 11.1 Å². The van der Waals surface area contributed by atoms with Gasteiger partial charge in [-0.25, -0.2) is 4.79 Å². The Labute approximate surface area is 114 Å². The minimum atomic E-state index is -0.606. The number of hydrogen-bond donors (Lipinski definition) is 1. The summed E-state index contributed by atoms with van der Waals surface area (Å²) in [6.45, 7) is 3.76. The van der Waals surface area contributed by atoms with Crippen molar-refractivity contribution in [3.05, 3.63) is 68.6 Å². The minimum Gasteiger partial charge on any atom is -0.407 e. The van der Waals surface area contributed by atoms with Crippen LogP contribution >= 0.6 is 0 Å². The molecule has 0 saturated heterocycles. The van der Waals surface area contributed by atoms with Crippen molar-refractivity contribution in [3.63, 3.8) is 0 Å². The summed E-state index contributed by atoms with van der Waals surface area (Å²) in [5.41, 5.74) is 2.07. The van der Waals surface area contributed by atoms with Crippen LogP contribution in [0.15, 0.2) is 50.5 Å². The fourth-order valence-corrected chi connectivity index (χ4v) is 2.39. The second-order valence-corrected chi connectivity index (χ2v) is 4.83. The number of pyridine rings is 1. The van der Waals surface area contributed by atoms with Crippen molar-refractivity contribution in [2.75, 3.05) is 0 Å². The van der Waals surface area contributed by atoms with Crippen molar-refractivity contribution in [1.82, 2.24) is 9.55 Å². The molecule has 2 heterocycles. The molecule has 1 atom stereocenters. The van der Waals surface area contributed by atoms with E-state index in [1.807, 2.05) is 44.2 Å². The standard InChI is InChI=1S/C15H14N2O3/c1-9-8-17(10(2)11-6-4-3-5-7-11)14(18)12-13(9)20-15(19)16-12/h3-8,10H,1-2H3,(H,16,19)/t10-/m0/s1. The first kappa shape index (κ1) is 12.5. The van der Waals surface area contributed by atoms with Crippen LogP contribution in [0.4, 0.5) is 0 Å². The predicted octanol–water partition coefficient (Wildman–Crippen LogP) is 2.20. The van der Waals surface area contributed by atoms with Gasteiger partial charge >= 0.3 is 5.76 Å². The van der Waals surface area contributed by atoms with E-state index in [1.165, 1.54) is 0 Å². The normalized spacial score (nSPS) is 12.7. The summed E-state index contributed by atoms with van der Waals surface area (Å²) >= 11 is 0. The summed E-state index contributed by atoms with van der Waals surface area (Å²) in [6.07, 6.45) is 1.72. The largest absolute Gasteiger partial charge is 0.417 e. The monoisotopic (exact) mass is 270 g/mol. The van der Waals surface area contributed by atoms with Crippen molar-refractivity contribution < 1.29 is 4.42 Å². The molecule has 0 saturated carbocycles. The number of nitrogens with zero attached hydrogens (tertiary/aromatic N) is 1. The van der Waals surface area contributed by atoms with Crippen LogP contribution < -0.4 is 11.3 Å². The van der Waals surface area contributed by atoms with Crippen molar-refractivity contribution in [2.45, 2.75) is 19.9 Å². The maximum atomic E-state index is 12.4. The second-order valence-electron chi connectivity index (χ2n) is 4.83. The summed E-state index contributed by atoms with van der Waals surface area (Å²) in [7, 11) is 0. The van der Waals surface area contributed by atoms with Crippen LogP contribution in [0.1, 0.15) is 24.1 Å². The zero-order valence-electron chi connectivity index (χ0n) is 11.2. The highest BCUT2D eigenvalue weighted by molar-refractivity contribution is 5.74. The second kappa shape index (κ2) is 4.52. The van der Waals surface area contributed by atoms with E-state index >= 15 is 0 Å². The summed E-state index contributed by atoms with van der Waals surface area (Å²) in [5.74, 6) is -0.606. The molecular weight excluding hydrogens is 256 g/mol. The zero-order chi connectivity index (χ0) is 14.3. The van der Waals surface area contributed by atoms with Crippen LogP contribution in [0.2, 0.25) is 0 Å². The molecule has 0 amide bonds. The highest BCUT2D eigenvalue weighted by atomic mass is 16.4. The van der Waals surface area contributed by atoms with Crippen LogP contribution in [0.5, 0.6) is 0 Å². The number of aromatic nitrogens is 2. The van der Waals surface area contributed by atoms with E-state index in [0.717, 1.165) is 11.1 Å². The molecule has 5 nitrogen and oxygen atoms in total. The molecular formula is C15H14N2O3. The van der Waals surface area contributed by atoms with E-state index in [0.29, 0.717) is 5.58 Å². The Hall–Kier alpha value is -2.56. The molecule has 0 aliphatic carbocycles. The lowest BCUT2D eigenvalue weighted by molar-refractivity contribution is 0.551. The zero-order valence-corrected chi connectivity index (χ0v) is 11.2. The highest BCUT2D eigenvalue weighted by Crippen LogP contribution is 2.18. The Bertz CT molecular complexity index is 872. The maximum absolute atomic E-state index is 12.4. The SMILES string of the molecule is Cc1cn([C@@H](C)c2ccccc2)c(=O)c2[nH]c(=O)oc12. The van der Waals surface area contributed by atoms with Crippen LogP contribution in [-0.4, -0.2) is 9.55 Å². The smallest absolute Gasteiger partial charge is 0.407 e. The Morgan fingerprint density at radius 1 is 1.20 bits per heavy atom. The number of aromatic amines is 1. The molecule has 2 aromatic heterocycles. The Balaban J connectivity index is 2.25. The topological polar surface area (TPSA) is 68.0 Å². The lowest BCUT2D eigenvalue weighted by atomic mass is 10.1. The summed E-state index contributed by atoms with van der Waals surface area (Å²) in [4.78, 5) is 26.2. The summed E-state index contributed by atoms with van der Waals surface area (Å²) < 4.78 is 6.61. The average molecular weight is 270 g/mol. The molecule has 1 aromatic carbocycles. The van der Waals surface area contributed by atoms with Gasteiger partial charge in [-0.1, -0.05) is 30.3 Å². The van der Waals surface area contributed by atoms with E-state index in [2.05, 4.69) is 4.98 Å². The van der Waals surface area contributed by atoms with Gasteiger partial charge in [0.05, 0.1) is 6.04 Å². The van der Waals surface area contributed by atoms with E-state index in [-0.39, 0.29) is 17.1 Å². The van der Waals surface area contributed by atoms with Crippen LogP contribution in [0.3, 0.4) is 0 Å². The number of aryl methyl sites for hydroxylation is 1. The van der Waals surface area contributed by atoms with Gasteiger partial charge in [-0.2, -0.15) is 0 Å². The molecule has 0 bridgehead atoms. The fourth-order valence-electron chi connectivity index (χ4n) is 2.39. The number of benzene rings is 1. The number of H-pyrrole nitrogens is 1. The van der Waals surface area contributed by atoms with E-state index in [4.69, 9.17) is 4.42 Å². The molecule has 102 valence electrons. The van der Waals surface area contributed by atoms with Crippen molar-refractivity contribution in [2.24, 2.45) is 0 Å². The van der Waals surface area contributed by atoms with Gasteiger partial charge in [0.15, 0.2) is 11.1 Å². The van der Waals surface area contributed by atoms with Gasteiger partial charge < -0.3 is 8.98 Å². The van der Waals surface area contributed by atoms with Gasteiger partial charge in [0, 0.05) is 11.8 Å². The highest BCUT2D eigenvalue weighted by Gasteiger charge is 2.15. The van der Waals surface area contributed by atoms with Gasteiger partial charge in [0.25, 0.3) is 5.56 Å². The first-order valence-electron chi connectivity index (χ1n) is 6.37. The molecule has 0 radical (unpaired) electrons. The molecule has 3 rings (SSSR count). The van der Waals surface area contributed by atoms with Gasteiger partial charge in [-0.3, -0.25) is 9.78 Å². The third-order valence-electron chi connectivity index (χ3n) is 3.49. The lowest BCUT2D eigenvalue weighted by Gasteiger charge is -2.16. The lowest BCUT2D eigenvalue weighted by Crippen LogP contribution is -2.24. The van der Waals surface area contributed by atoms with Crippen molar-refractivity contribution in [3.8, 4) is 0 Å². The quantitative estimate of drug-likeness (QED) is 0.776. The number of fused-ring (bicyclic) bond motifs is 1. The first-order chi connectivity index (χ1) is 9.58. The van der Waals surface area contributed by atoms with Gasteiger partial charge in [-0.05, 0) is 19.4 Å². The van der Waals surface area contributed by atoms with Crippen LogP contribution in [0, 0.1) is 6.92 Å². The molecule has 0 spiro atoms. The molecule has 20 heavy (non-hydrogen) atoms. The molecule has 0 unspecified atom stereocenters. The Morgan fingerprint density at radius 3 is 2.60 bits per heavy atom. The van der Waals surface area contributed by atoms with E-state index < -0.39 is 5.76 Å². The third-order valence-corrected chi connectivity index (χ3v) is 3.49. The molecule has 1 N–H and O–H groups in total. The van der Waals surface area contributed by atoms with E-state index in [9.17, 15) is 9.59 Å². The maximum Gasteiger partial charge on any atom is 0.417 e. The molecule has 0 fully saturated rings. The van der Waals surface area contributed by atoms with Gasteiger partial charge in [-0.15, -0.1) is 0 Å². The molecule has 0 aliphatic rings. The third kappa shape index (κ3) is 1.87. The minimum absolute atomic E-state index is 0.120. The van der Waals surface area contributed by atoms with E-state index in [1.54, 1.807) is 10.8 Å². The number of rotatable bonds is 2. The molecule has 5 heteroatoms. The number of oxazole rings is 1.